The highest BCUT2D eigenvalue weighted by atomic mass is 15.0. The summed E-state index contributed by atoms with van der Waals surface area (Å²) in [6, 6.07) is 80.9. The maximum atomic E-state index is 5.53. The van der Waals surface area contributed by atoms with Crippen LogP contribution in [0.15, 0.2) is 357 Å². The highest BCUT2D eigenvalue weighted by Crippen LogP contribution is 2.57. The van der Waals surface area contributed by atoms with Crippen LogP contribution in [0.5, 0.6) is 0 Å². The molecule has 0 radical (unpaired) electrons. The van der Waals surface area contributed by atoms with Gasteiger partial charge in [0.15, 0.2) is 5.82 Å². The van der Waals surface area contributed by atoms with Crippen molar-refractivity contribution in [1.29, 1.82) is 0 Å². The highest BCUT2D eigenvalue weighted by molar-refractivity contribution is 6.11. The van der Waals surface area contributed by atoms with Crippen molar-refractivity contribution in [3.05, 3.63) is 402 Å². The predicted octanol–water partition coefficient (Wildman–Crippen LogP) is 25.1. The SMILES string of the molecule is C1=CC(C2=CC(c3cccc(C4=CCC(c5nc(-c6cccc(C7=CC(c8cccc(-c9ccc(-n%10c%11ccccc%11c%11ccccc%11%10)cc9)c8)CC=C7)c6)nc(C6C=C(C7C=C(c8cccc(C9=CC=C(n%10c%11ccccc%11c%11ccccc%11%10)[C@@H]%10CC9%10)c8)C=CC7)C=CC6)n5)C=C4)c3)CC=C2)=CCC1. The first-order valence-electron chi connectivity index (χ1n) is 38.0. The number of para-hydroxylation sites is 4. The molecule has 7 atom stereocenters. The zero-order chi connectivity index (χ0) is 69.3. The average molecular weight is 1350 g/mol. The molecule has 1 saturated carbocycles. The Hall–Kier alpha value is -12.1. The second-order valence-corrected chi connectivity index (χ2v) is 29.7. The Kier molecular flexibility index (Phi) is 15.9. The molecule has 8 aliphatic carbocycles. The summed E-state index contributed by atoms with van der Waals surface area (Å²) >= 11 is 0. The molecular weight excluding hydrogens is 1270 g/mol. The van der Waals surface area contributed by atoms with Crippen molar-refractivity contribution < 1.29 is 0 Å². The van der Waals surface area contributed by atoms with Gasteiger partial charge < -0.3 is 9.13 Å². The summed E-state index contributed by atoms with van der Waals surface area (Å²) in [7, 11) is 0. The zero-order valence-corrected chi connectivity index (χ0v) is 58.8. The number of hydrogen-bond donors (Lipinski definition) is 0. The van der Waals surface area contributed by atoms with Crippen LogP contribution in [0.4, 0.5) is 0 Å². The summed E-state index contributed by atoms with van der Waals surface area (Å²) in [4.78, 5) is 16.5. The molecule has 9 aromatic carbocycles. The normalized spacial score (nSPS) is 21.7. The van der Waals surface area contributed by atoms with Crippen LogP contribution in [0.2, 0.25) is 0 Å². The fraction of sp³-hybridized carbons (Fsp3) is 0.150. The van der Waals surface area contributed by atoms with Crippen molar-refractivity contribution in [2.75, 3.05) is 0 Å². The lowest BCUT2D eigenvalue weighted by atomic mass is 9.82. The van der Waals surface area contributed by atoms with Gasteiger partial charge in [0.2, 0.25) is 0 Å². The van der Waals surface area contributed by atoms with Crippen molar-refractivity contribution in [2.45, 2.75) is 75.0 Å². The van der Waals surface area contributed by atoms with Crippen LogP contribution in [0.25, 0.3) is 99.8 Å². The van der Waals surface area contributed by atoms with Gasteiger partial charge in [-0.3, -0.25) is 0 Å². The van der Waals surface area contributed by atoms with E-state index in [0.29, 0.717) is 23.6 Å². The molecule has 0 spiro atoms. The third-order valence-corrected chi connectivity index (χ3v) is 23.3. The van der Waals surface area contributed by atoms with Crippen molar-refractivity contribution in [1.82, 2.24) is 24.1 Å². The second kappa shape index (κ2) is 26.6. The van der Waals surface area contributed by atoms with Gasteiger partial charge in [0.05, 0.1) is 22.1 Å². The maximum Gasteiger partial charge on any atom is 0.163 e. The van der Waals surface area contributed by atoms with E-state index in [0.717, 1.165) is 73.4 Å². The van der Waals surface area contributed by atoms with E-state index in [-0.39, 0.29) is 23.7 Å². The van der Waals surface area contributed by atoms with E-state index in [2.05, 4.69) is 349 Å². The van der Waals surface area contributed by atoms with Crippen LogP contribution in [0.1, 0.15) is 120 Å². The first-order chi connectivity index (χ1) is 52.0. The number of hydrogen-bond acceptors (Lipinski definition) is 3. The standard InChI is InChI=1S/C100H79N5/c1-2-20-65(21-3-1)69-22-12-25-72(56-69)73-26-13-23-70(57-73)66-46-48-68(49-47-66)98-101-99(83-36-18-33-80(62-83)77-30-15-28-75(59-77)74-27-14-24-71(58-74)67-50-52-85(53-51-67)104-93-42-8-4-38-87(93)88-39-5-9-43-94(88)104)103-100(102-98)84-37-19-34-81(63-84)78-31-16-29-76(60-78)79-32-17-35-82(61-79)86-54-55-97(92-64-91(86)92)105-95-44-10-6-40-89(95)90-41-7-11-45-96(90)105/h2,4-24,26-27,29-30,32-36,38-48,50-63,68,72,75,78,84,91-92H,1,3,25,28,31,37,49,64H2/t68?,72?,75?,78?,84?,91?,92-/m1/s1. The molecule has 0 bridgehead atoms. The molecule has 504 valence electrons. The van der Waals surface area contributed by atoms with Gasteiger partial charge in [-0.2, -0.15) is 0 Å². The second-order valence-electron chi connectivity index (χ2n) is 29.7. The maximum absolute atomic E-state index is 5.53. The van der Waals surface area contributed by atoms with Gasteiger partial charge in [-0.15, -0.1) is 0 Å². The lowest BCUT2D eigenvalue weighted by molar-refractivity contribution is 0.685. The van der Waals surface area contributed by atoms with Crippen molar-refractivity contribution >= 4 is 71.6 Å². The fourth-order valence-corrected chi connectivity index (χ4v) is 17.8. The van der Waals surface area contributed by atoms with E-state index < -0.39 is 0 Å². The smallest absolute Gasteiger partial charge is 0.163 e. The summed E-state index contributed by atoms with van der Waals surface area (Å²) in [6.07, 6.45) is 55.3. The first-order valence-corrected chi connectivity index (χ1v) is 38.0. The molecule has 12 aromatic rings. The Bertz CT molecular complexity index is 5910. The Morgan fingerprint density at radius 1 is 0.314 bits per heavy atom. The molecule has 8 aliphatic rings. The molecule has 3 heterocycles. The Morgan fingerprint density at radius 3 is 1.49 bits per heavy atom. The summed E-state index contributed by atoms with van der Waals surface area (Å²) in [6.45, 7) is 0. The quantitative estimate of drug-likeness (QED) is 0.109. The topological polar surface area (TPSA) is 48.5 Å². The van der Waals surface area contributed by atoms with E-state index >= 15 is 0 Å². The van der Waals surface area contributed by atoms with E-state index in [1.807, 2.05) is 0 Å². The molecule has 0 N–H and O–H groups in total. The molecule has 1 fully saturated rings. The minimum absolute atomic E-state index is 0.0226. The molecule has 6 unspecified atom stereocenters. The molecule has 0 amide bonds. The summed E-state index contributed by atoms with van der Waals surface area (Å²) < 4.78 is 4.92. The predicted molar refractivity (Wildman–Crippen MR) is 437 cm³/mol. The molecule has 3 aromatic heterocycles. The monoisotopic (exact) mass is 1350 g/mol. The summed E-state index contributed by atoms with van der Waals surface area (Å²) in [5.41, 5.74) is 27.8. The minimum Gasteiger partial charge on any atom is -0.313 e. The van der Waals surface area contributed by atoms with Gasteiger partial charge in [-0.05, 0) is 195 Å². The zero-order valence-electron chi connectivity index (χ0n) is 58.8. The van der Waals surface area contributed by atoms with Gasteiger partial charge in [-0.25, -0.2) is 15.0 Å². The molecule has 0 saturated heterocycles. The molecule has 20 rings (SSSR count). The minimum atomic E-state index is -0.0282. The van der Waals surface area contributed by atoms with E-state index in [1.54, 1.807) is 0 Å². The Balaban J connectivity index is 0.593. The average Bonchev–Trinajstić information content (AvgIpc) is 1.60. The number of nitrogens with zero attached hydrogens (tertiary/aromatic N) is 5. The molecule has 5 nitrogen and oxygen atoms in total. The lowest BCUT2D eigenvalue weighted by Crippen LogP contribution is -2.14. The number of fused-ring (bicyclic) bond motifs is 7. The molecule has 0 aliphatic heterocycles. The highest BCUT2D eigenvalue weighted by Gasteiger charge is 2.46. The fourth-order valence-electron chi connectivity index (χ4n) is 17.8. The number of rotatable bonds is 14. The Labute approximate surface area is 614 Å². The van der Waals surface area contributed by atoms with Crippen LogP contribution < -0.4 is 0 Å². The van der Waals surface area contributed by atoms with Gasteiger partial charge in [0, 0.05) is 74.0 Å². The number of benzene rings is 9. The third-order valence-electron chi connectivity index (χ3n) is 23.3. The lowest BCUT2D eigenvalue weighted by Gasteiger charge is -2.24. The van der Waals surface area contributed by atoms with Crippen LogP contribution in [-0.2, 0) is 0 Å². The van der Waals surface area contributed by atoms with E-state index in [9.17, 15) is 0 Å². The first kappa shape index (κ1) is 62.7. The number of allylic oxidation sites excluding steroid dienone is 28. The molecule has 5 heteroatoms. The Morgan fingerprint density at radius 2 is 0.838 bits per heavy atom. The van der Waals surface area contributed by atoms with Crippen LogP contribution in [0, 0.1) is 17.8 Å². The van der Waals surface area contributed by atoms with Crippen LogP contribution in [-0.4, -0.2) is 24.1 Å². The largest absolute Gasteiger partial charge is 0.313 e. The van der Waals surface area contributed by atoms with Crippen molar-refractivity contribution in [3.8, 4) is 28.2 Å². The van der Waals surface area contributed by atoms with Gasteiger partial charge >= 0.3 is 0 Å². The summed E-state index contributed by atoms with van der Waals surface area (Å²) in [5, 5.41) is 5.18. The van der Waals surface area contributed by atoms with E-state index in [4.69, 9.17) is 15.0 Å². The summed E-state index contributed by atoms with van der Waals surface area (Å²) in [5.74, 6) is 4.05. The third kappa shape index (κ3) is 11.8. The van der Waals surface area contributed by atoms with E-state index in [1.165, 1.54) is 134 Å². The molecular formula is C100H79N5. The van der Waals surface area contributed by atoms with Crippen molar-refractivity contribution in [2.24, 2.45) is 17.8 Å². The van der Waals surface area contributed by atoms with Crippen LogP contribution >= 0.6 is 0 Å². The number of aromatic nitrogens is 5. The van der Waals surface area contributed by atoms with Crippen LogP contribution in [0.3, 0.4) is 0 Å². The van der Waals surface area contributed by atoms with Crippen molar-refractivity contribution in [3.63, 3.8) is 0 Å². The molecule has 105 heavy (non-hydrogen) atoms. The van der Waals surface area contributed by atoms with Gasteiger partial charge in [-0.1, -0.05) is 285 Å². The van der Waals surface area contributed by atoms with Gasteiger partial charge in [0.1, 0.15) is 11.6 Å². The van der Waals surface area contributed by atoms with Gasteiger partial charge in [0.25, 0.3) is 0 Å².